The van der Waals surface area contributed by atoms with Crippen molar-refractivity contribution in [3.05, 3.63) is 77.4 Å². The average Bonchev–Trinajstić information content (AvgIpc) is 3.29. The van der Waals surface area contributed by atoms with Crippen LogP contribution < -0.4 is 5.32 Å². The van der Waals surface area contributed by atoms with Crippen LogP contribution in [0.4, 0.5) is 10.2 Å². The first-order valence-electron chi connectivity index (χ1n) is 8.94. The van der Waals surface area contributed by atoms with Crippen LogP contribution in [0, 0.1) is 17.1 Å². The topological polar surface area (TPSA) is 88.5 Å². The van der Waals surface area contributed by atoms with E-state index in [2.05, 4.69) is 15.5 Å². The standard InChI is InChI=1S/C21H17FN6O/c1-27-19-9-14(2-4-16(19)12-24-27)10-21(29)25-20-6-7-28(26-20)13-15-3-5-18(22)17(8-15)11-23/h2-9,12H,10,13H2,1H3,(H,25,26,29). The smallest absolute Gasteiger partial charge is 0.229 e. The molecular formula is C21H17FN6O. The summed E-state index contributed by atoms with van der Waals surface area (Å²) in [7, 11) is 1.86. The SMILES string of the molecule is Cn1ncc2ccc(CC(=O)Nc3ccn(Cc4ccc(F)c(C#N)c4)n3)cc21. The molecule has 144 valence electrons. The molecule has 0 aliphatic heterocycles. The van der Waals surface area contributed by atoms with Gasteiger partial charge in [-0.15, -0.1) is 0 Å². The number of benzene rings is 2. The van der Waals surface area contributed by atoms with E-state index in [-0.39, 0.29) is 17.9 Å². The van der Waals surface area contributed by atoms with E-state index in [0.717, 1.165) is 22.0 Å². The fraction of sp³-hybridized carbons (Fsp3) is 0.143. The molecule has 0 saturated carbocycles. The minimum absolute atomic E-state index is 0.00595. The second-order valence-electron chi connectivity index (χ2n) is 6.71. The molecule has 8 heteroatoms. The number of aryl methyl sites for hydroxylation is 1. The number of anilines is 1. The fourth-order valence-corrected chi connectivity index (χ4v) is 3.13. The highest BCUT2D eigenvalue weighted by atomic mass is 19.1. The summed E-state index contributed by atoms with van der Waals surface area (Å²) in [5, 5.41) is 21.2. The highest BCUT2D eigenvalue weighted by molar-refractivity contribution is 5.92. The summed E-state index contributed by atoms with van der Waals surface area (Å²) in [6.07, 6.45) is 3.72. The second kappa shape index (κ2) is 7.56. The minimum atomic E-state index is -0.547. The summed E-state index contributed by atoms with van der Waals surface area (Å²) in [5.41, 5.74) is 2.59. The molecule has 1 N–H and O–H groups in total. The molecule has 0 fully saturated rings. The summed E-state index contributed by atoms with van der Waals surface area (Å²) in [5.74, 6) is -0.293. The van der Waals surface area contributed by atoms with Gasteiger partial charge < -0.3 is 5.32 Å². The van der Waals surface area contributed by atoms with E-state index >= 15 is 0 Å². The number of nitriles is 1. The van der Waals surface area contributed by atoms with E-state index in [4.69, 9.17) is 5.26 Å². The van der Waals surface area contributed by atoms with Crippen molar-refractivity contribution >= 4 is 22.6 Å². The van der Waals surface area contributed by atoms with Crippen LogP contribution in [0.2, 0.25) is 0 Å². The number of nitrogens with zero attached hydrogens (tertiary/aromatic N) is 5. The predicted octanol–water partition coefficient (Wildman–Crippen LogP) is 3.01. The Bertz CT molecular complexity index is 1250. The zero-order chi connectivity index (χ0) is 20.4. The summed E-state index contributed by atoms with van der Waals surface area (Å²) in [6, 6.07) is 13.7. The molecule has 0 saturated heterocycles. The number of halogens is 1. The molecule has 2 aromatic heterocycles. The van der Waals surface area contributed by atoms with Gasteiger partial charge in [0.15, 0.2) is 5.82 Å². The maximum absolute atomic E-state index is 13.4. The van der Waals surface area contributed by atoms with Crippen molar-refractivity contribution in [2.24, 2.45) is 7.05 Å². The van der Waals surface area contributed by atoms with Crippen molar-refractivity contribution in [2.45, 2.75) is 13.0 Å². The van der Waals surface area contributed by atoms with Crippen LogP contribution in [-0.2, 0) is 24.8 Å². The summed E-state index contributed by atoms with van der Waals surface area (Å²) < 4.78 is 16.8. The lowest BCUT2D eigenvalue weighted by atomic mass is 10.1. The van der Waals surface area contributed by atoms with Gasteiger partial charge in [0.2, 0.25) is 5.91 Å². The van der Waals surface area contributed by atoms with Crippen molar-refractivity contribution in [1.29, 1.82) is 5.26 Å². The van der Waals surface area contributed by atoms with Crippen molar-refractivity contribution < 1.29 is 9.18 Å². The molecule has 1 amide bonds. The van der Waals surface area contributed by atoms with Gasteiger partial charge in [0.1, 0.15) is 11.9 Å². The number of fused-ring (bicyclic) bond motifs is 1. The number of rotatable bonds is 5. The third kappa shape index (κ3) is 3.99. The third-order valence-corrected chi connectivity index (χ3v) is 4.58. The van der Waals surface area contributed by atoms with Crippen molar-refractivity contribution in [3.8, 4) is 6.07 Å². The van der Waals surface area contributed by atoms with Gasteiger partial charge in [-0.1, -0.05) is 18.2 Å². The molecule has 2 heterocycles. The zero-order valence-electron chi connectivity index (χ0n) is 15.6. The van der Waals surface area contributed by atoms with Crippen molar-refractivity contribution in [2.75, 3.05) is 5.32 Å². The van der Waals surface area contributed by atoms with Crippen molar-refractivity contribution in [1.82, 2.24) is 19.6 Å². The van der Waals surface area contributed by atoms with Crippen LogP contribution >= 0.6 is 0 Å². The first-order chi connectivity index (χ1) is 14.0. The summed E-state index contributed by atoms with van der Waals surface area (Å²) >= 11 is 0. The molecular weight excluding hydrogens is 371 g/mol. The maximum Gasteiger partial charge on any atom is 0.229 e. The molecule has 0 aliphatic rings. The molecule has 29 heavy (non-hydrogen) atoms. The maximum atomic E-state index is 13.4. The van der Waals surface area contributed by atoms with Gasteiger partial charge in [0.05, 0.1) is 30.2 Å². The molecule has 0 radical (unpaired) electrons. The first kappa shape index (κ1) is 18.4. The third-order valence-electron chi connectivity index (χ3n) is 4.58. The normalized spacial score (nSPS) is 10.8. The van der Waals surface area contributed by atoms with E-state index in [0.29, 0.717) is 12.4 Å². The molecule has 0 spiro atoms. The predicted molar refractivity (Wildman–Crippen MR) is 105 cm³/mol. The zero-order valence-corrected chi connectivity index (χ0v) is 15.6. The number of nitrogens with one attached hydrogen (secondary N) is 1. The van der Waals surface area contributed by atoms with Gasteiger partial charge >= 0.3 is 0 Å². The van der Waals surface area contributed by atoms with Crippen LogP contribution in [0.1, 0.15) is 16.7 Å². The summed E-state index contributed by atoms with van der Waals surface area (Å²) in [6.45, 7) is 0.363. The molecule has 7 nitrogen and oxygen atoms in total. The fourth-order valence-electron chi connectivity index (χ4n) is 3.13. The molecule has 0 aliphatic carbocycles. The quantitative estimate of drug-likeness (QED) is 0.569. The van der Waals surface area contributed by atoms with Crippen LogP contribution in [0.25, 0.3) is 10.9 Å². The van der Waals surface area contributed by atoms with Crippen LogP contribution in [-0.4, -0.2) is 25.5 Å². The van der Waals surface area contributed by atoms with Gasteiger partial charge in [-0.2, -0.15) is 15.5 Å². The number of carbonyl (C=O) groups is 1. The Morgan fingerprint density at radius 2 is 2.03 bits per heavy atom. The molecule has 0 atom stereocenters. The lowest BCUT2D eigenvalue weighted by Crippen LogP contribution is -2.15. The lowest BCUT2D eigenvalue weighted by Gasteiger charge is -2.05. The molecule has 4 rings (SSSR count). The lowest BCUT2D eigenvalue weighted by molar-refractivity contribution is -0.115. The number of hydrogen-bond donors (Lipinski definition) is 1. The number of amides is 1. The van der Waals surface area contributed by atoms with E-state index < -0.39 is 5.82 Å². The molecule has 2 aromatic carbocycles. The Morgan fingerprint density at radius 3 is 2.86 bits per heavy atom. The van der Waals surface area contributed by atoms with Gasteiger partial charge in [-0.25, -0.2) is 4.39 Å². The molecule has 0 unspecified atom stereocenters. The Labute approximate surface area is 166 Å². The van der Waals surface area contributed by atoms with E-state index in [9.17, 15) is 9.18 Å². The number of aromatic nitrogens is 4. The Hall–Kier alpha value is -3.99. The van der Waals surface area contributed by atoms with Gasteiger partial charge in [-0.3, -0.25) is 14.2 Å². The van der Waals surface area contributed by atoms with Gasteiger partial charge in [0, 0.05) is 24.7 Å². The Kier molecular flexibility index (Phi) is 4.79. The second-order valence-corrected chi connectivity index (χ2v) is 6.71. The molecule has 0 bridgehead atoms. The number of carbonyl (C=O) groups excluding carboxylic acids is 1. The van der Waals surface area contributed by atoms with Gasteiger partial charge in [0.25, 0.3) is 0 Å². The van der Waals surface area contributed by atoms with E-state index in [1.54, 1.807) is 33.9 Å². The van der Waals surface area contributed by atoms with E-state index in [1.807, 2.05) is 31.3 Å². The largest absolute Gasteiger partial charge is 0.309 e. The molecule has 4 aromatic rings. The van der Waals surface area contributed by atoms with Crippen molar-refractivity contribution in [3.63, 3.8) is 0 Å². The van der Waals surface area contributed by atoms with E-state index in [1.165, 1.54) is 12.1 Å². The number of hydrogen-bond acceptors (Lipinski definition) is 4. The Balaban J connectivity index is 1.41. The summed E-state index contributed by atoms with van der Waals surface area (Å²) in [4.78, 5) is 12.4. The Morgan fingerprint density at radius 1 is 1.21 bits per heavy atom. The van der Waals surface area contributed by atoms with Gasteiger partial charge in [-0.05, 0) is 29.3 Å². The van der Waals surface area contributed by atoms with Crippen LogP contribution in [0.3, 0.4) is 0 Å². The van der Waals surface area contributed by atoms with Crippen LogP contribution in [0.5, 0.6) is 0 Å². The average molecular weight is 388 g/mol. The van der Waals surface area contributed by atoms with Crippen LogP contribution in [0.15, 0.2) is 54.9 Å². The minimum Gasteiger partial charge on any atom is -0.309 e. The highest BCUT2D eigenvalue weighted by Gasteiger charge is 2.09. The highest BCUT2D eigenvalue weighted by Crippen LogP contribution is 2.16. The first-order valence-corrected chi connectivity index (χ1v) is 8.94. The monoisotopic (exact) mass is 388 g/mol.